The minimum atomic E-state index is -0.473. The molecule has 3 N–H and O–H groups in total. The van der Waals surface area contributed by atoms with Crippen LogP contribution in [0.3, 0.4) is 0 Å². The molecule has 1 aromatic rings. The number of aliphatic hydroxyl groups excluding tert-OH is 1. The lowest BCUT2D eigenvalue weighted by Gasteiger charge is -2.33. The third kappa shape index (κ3) is 4.87. The average Bonchev–Trinajstić information content (AvgIpc) is 2.52. The van der Waals surface area contributed by atoms with Gasteiger partial charge in [-0.1, -0.05) is 18.2 Å². The molecule has 1 heterocycles. The lowest BCUT2D eigenvalue weighted by molar-refractivity contribution is -0.128. The normalized spacial score (nSPS) is 20.8. The van der Waals surface area contributed by atoms with E-state index in [0.29, 0.717) is 12.3 Å². The van der Waals surface area contributed by atoms with E-state index in [1.807, 2.05) is 31.2 Å². The van der Waals surface area contributed by atoms with E-state index in [1.165, 1.54) is 0 Å². The highest BCUT2D eigenvalue weighted by atomic mass is 35.5. The molecule has 0 aromatic heterocycles. The third-order valence-corrected chi connectivity index (χ3v) is 3.88. The van der Waals surface area contributed by atoms with Gasteiger partial charge in [-0.15, -0.1) is 12.4 Å². The molecule has 0 aliphatic carbocycles. The summed E-state index contributed by atoms with van der Waals surface area (Å²) in [6.07, 6.45) is 3.06. The highest BCUT2D eigenvalue weighted by Gasteiger charge is 2.33. The first-order valence-electron chi connectivity index (χ1n) is 7.50. The van der Waals surface area contributed by atoms with E-state index in [4.69, 9.17) is 9.84 Å². The largest absolute Gasteiger partial charge is 0.491 e. The Kier molecular flexibility index (Phi) is 7.65. The predicted octanol–water partition coefficient (Wildman–Crippen LogP) is 1.63. The summed E-state index contributed by atoms with van der Waals surface area (Å²) in [4.78, 5) is 12.4. The van der Waals surface area contributed by atoms with Gasteiger partial charge in [0.1, 0.15) is 12.4 Å². The second kappa shape index (κ2) is 8.98. The van der Waals surface area contributed by atoms with Gasteiger partial charge in [-0.05, 0) is 38.8 Å². The van der Waals surface area contributed by atoms with Gasteiger partial charge in [0.05, 0.1) is 12.1 Å². The SMILES string of the molecule is CC1(C(=O)NCc2ccccc2OCCO)CCCCN1.Cl. The monoisotopic (exact) mass is 328 g/mol. The van der Waals surface area contributed by atoms with Crippen molar-refractivity contribution in [1.29, 1.82) is 0 Å². The first kappa shape index (κ1) is 18.7. The van der Waals surface area contributed by atoms with Gasteiger partial charge >= 0.3 is 0 Å². The van der Waals surface area contributed by atoms with E-state index in [2.05, 4.69) is 10.6 Å². The lowest BCUT2D eigenvalue weighted by Crippen LogP contribution is -2.56. The van der Waals surface area contributed by atoms with Crippen LogP contribution in [0.4, 0.5) is 0 Å². The highest BCUT2D eigenvalue weighted by molar-refractivity contribution is 5.86. The van der Waals surface area contributed by atoms with E-state index in [0.717, 1.165) is 31.4 Å². The molecule has 1 atom stereocenters. The molecule has 0 saturated carbocycles. The van der Waals surface area contributed by atoms with Crippen LogP contribution in [0.25, 0.3) is 0 Å². The summed E-state index contributed by atoms with van der Waals surface area (Å²) in [5.74, 6) is 0.729. The molecule has 2 rings (SSSR count). The van der Waals surface area contributed by atoms with E-state index in [9.17, 15) is 4.79 Å². The quantitative estimate of drug-likeness (QED) is 0.742. The Morgan fingerprint density at radius 2 is 2.18 bits per heavy atom. The number of carbonyl (C=O) groups is 1. The van der Waals surface area contributed by atoms with Crippen molar-refractivity contribution in [1.82, 2.24) is 10.6 Å². The van der Waals surface area contributed by atoms with Crippen LogP contribution in [-0.2, 0) is 11.3 Å². The van der Waals surface area contributed by atoms with E-state index >= 15 is 0 Å². The number of hydrogen-bond acceptors (Lipinski definition) is 4. The average molecular weight is 329 g/mol. The number of hydrogen-bond donors (Lipinski definition) is 3. The van der Waals surface area contributed by atoms with Crippen LogP contribution in [0.1, 0.15) is 31.7 Å². The predicted molar refractivity (Wildman–Crippen MR) is 88.4 cm³/mol. The van der Waals surface area contributed by atoms with E-state index in [1.54, 1.807) is 0 Å². The number of amides is 1. The van der Waals surface area contributed by atoms with Gasteiger partial charge in [0.25, 0.3) is 0 Å². The van der Waals surface area contributed by atoms with Crippen LogP contribution in [-0.4, -0.2) is 36.3 Å². The summed E-state index contributed by atoms with van der Waals surface area (Å²) >= 11 is 0. The first-order valence-corrected chi connectivity index (χ1v) is 7.50. The zero-order valence-electron chi connectivity index (χ0n) is 12.9. The fraction of sp³-hybridized carbons (Fsp3) is 0.562. The van der Waals surface area contributed by atoms with Crippen molar-refractivity contribution >= 4 is 18.3 Å². The standard InChI is InChI=1S/C16H24N2O3.ClH/c1-16(8-4-5-9-18-16)15(20)17-12-13-6-2-3-7-14(13)21-11-10-19;/h2-3,6-7,18-19H,4-5,8-12H2,1H3,(H,17,20);1H. The number of carbonyl (C=O) groups excluding carboxylic acids is 1. The van der Waals surface area contributed by atoms with Gasteiger partial charge < -0.3 is 20.5 Å². The van der Waals surface area contributed by atoms with Gasteiger partial charge in [0.15, 0.2) is 0 Å². The summed E-state index contributed by atoms with van der Waals surface area (Å²) in [5, 5.41) is 15.1. The number of para-hydroxylation sites is 1. The molecule has 1 unspecified atom stereocenters. The molecule has 0 radical (unpaired) electrons. The van der Waals surface area contributed by atoms with Crippen molar-refractivity contribution in [3.63, 3.8) is 0 Å². The molecule has 1 saturated heterocycles. The van der Waals surface area contributed by atoms with Crippen molar-refractivity contribution in [3.8, 4) is 5.75 Å². The van der Waals surface area contributed by atoms with Gasteiger partial charge in [-0.25, -0.2) is 0 Å². The molecule has 22 heavy (non-hydrogen) atoms. The number of benzene rings is 1. The molecule has 1 fully saturated rings. The van der Waals surface area contributed by atoms with E-state index in [-0.39, 0.29) is 31.5 Å². The van der Waals surface area contributed by atoms with Crippen molar-refractivity contribution in [2.75, 3.05) is 19.8 Å². The molecule has 0 spiro atoms. The number of aliphatic hydroxyl groups is 1. The number of rotatable bonds is 6. The fourth-order valence-corrected chi connectivity index (χ4v) is 2.57. The van der Waals surface area contributed by atoms with Crippen molar-refractivity contribution in [2.45, 2.75) is 38.3 Å². The maximum Gasteiger partial charge on any atom is 0.240 e. The van der Waals surface area contributed by atoms with Crippen LogP contribution in [0.15, 0.2) is 24.3 Å². The van der Waals surface area contributed by atoms with Gasteiger partial charge in [0, 0.05) is 12.1 Å². The molecule has 1 amide bonds. The van der Waals surface area contributed by atoms with Crippen LogP contribution >= 0.6 is 12.4 Å². The van der Waals surface area contributed by atoms with Gasteiger partial charge in [-0.3, -0.25) is 4.79 Å². The van der Waals surface area contributed by atoms with Crippen molar-refractivity contribution < 1.29 is 14.6 Å². The fourth-order valence-electron chi connectivity index (χ4n) is 2.57. The molecule has 1 aliphatic heterocycles. The molecule has 5 nitrogen and oxygen atoms in total. The van der Waals surface area contributed by atoms with Crippen molar-refractivity contribution in [2.24, 2.45) is 0 Å². The molecule has 1 aromatic carbocycles. The zero-order chi connectivity index (χ0) is 15.1. The van der Waals surface area contributed by atoms with Crippen molar-refractivity contribution in [3.05, 3.63) is 29.8 Å². The Balaban J connectivity index is 0.00000242. The molecular formula is C16H25ClN2O3. The number of ether oxygens (including phenoxy) is 1. The maximum atomic E-state index is 12.4. The number of nitrogens with one attached hydrogen (secondary N) is 2. The van der Waals surface area contributed by atoms with Crippen LogP contribution in [0.2, 0.25) is 0 Å². The lowest BCUT2D eigenvalue weighted by atomic mass is 9.90. The minimum absolute atomic E-state index is 0. The Labute approximate surface area is 137 Å². The van der Waals surface area contributed by atoms with Crippen LogP contribution in [0.5, 0.6) is 5.75 Å². The Bertz CT molecular complexity index is 476. The van der Waals surface area contributed by atoms with Gasteiger partial charge in [-0.2, -0.15) is 0 Å². The summed E-state index contributed by atoms with van der Waals surface area (Å²) in [7, 11) is 0. The van der Waals surface area contributed by atoms with Gasteiger partial charge in [0.2, 0.25) is 5.91 Å². The second-order valence-electron chi connectivity index (χ2n) is 5.58. The molecule has 124 valence electrons. The highest BCUT2D eigenvalue weighted by Crippen LogP contribution is 2.20. The number of halogens is 1. The Morgan fingerprint density at radius 1 is 1.41 bits per heavy atom. The van der Waals surface area contributed by atoms with Crippen LogP contribution < -0.4 is 15.4 Å². The molecule has 0 bridgehead atoms. The summed E-state index contributed by atoms with van der Waals surface area (Å²) in [6, 6.07) is 7.55. The summed E-state index contributed by atoms with van der Waals surface area (Å²) < 4.78 is 5.47. The number of piperidine rings is 1. The smallest absolute Gasteiger partial charge is 0.240 e. The minimum Gasteiger partial charge on any atom is -0.491 e. The summed E-state index contributed by atoms with van der Waals surface area (Å²) in [5.41, 5.74) is 0.442. The van der Waals surface area contributed by atoms with Crippen LogP contribution in [0, 0.1) is 0 Å². The zero-order valence-corrected chi connectivity index (χ0v) is 13.7. The summed E-state index contributed by atoms with van der Waals surface area (Å²) in [6.45, 7) is 3.50. The first-order chi connectivity index (χ1) is 10.2. The molecule has 1 aliphatic rings. The topological polar surface area (TPSA) is 70.6 Å². The second-order valence-corrected chi connectivity index (χ2v) is 5.58. The third-order valence-electron chi connectivity index (χ3n) is 3.88. The molecule has 6 heteroatoms. The Hall–Kier alpha value is -1.30. The maximum absolute atomic E-state index is 12.4. The van der Waals surface area contributed by atoms with E-state index < -0.39 is 5.54 Å². The Morgan fingerprint density at radius 3 is 2.86 bits per heavy atom. The molecular weight excluding hydrogens is 304 g/mol.